The molecular formula is C18H32N2O3. The summed E-state index contributed by atoms with van der Waals surface area (Å²) >= 11 is 0. The Balaban J connectivity index is 2.00. The monoisotopic (exact) mass is 324 g/mol. The van der Waals surface area contributed by atoms with Crippen LogP contribution in [0.25, 0.3) is 0 Å². The SMILES string of the molecule is COCC1CCN(C(=O)[C@@H](CC(C)C)N2CCCCC2=O)CC1. The summed E-state index contributed by atoms with van der Waals surface area (Å²) < 4.78 is 5.23. The van der Waals surface area contributed by atoms with Crippen molar-refractivity contribution in [2.24, 2.45) is 11.8 Å². The quantitative estimate of drug-likeness (QED) is 0.753. The highest BCUT2D eigenvalue weighted by Gasteiger charge is 2.35. The maximum Gasteiger partial charge on any atom is 0.245 e. The Morgan fingerprint density at radius 1 is 1.22 bits per heavy atom. The summed E-state index contributed by atoms with van der Waals surface area (Å²) in [5.74, 6) is 1.28. The van der Waals surface area contributed by atoms with E-state index in [2.05, 4.69) is 13.8 Å². The fourth-order valence-corrected chi connectivity index (χ4v) is 3.73. The zero-order chi connectivity index (χ0) is 16.8. The van der Waals surface area contributed by atoms with Gasteiger partial charge in [0.1, 0.15) is 6.04 Å². The van der Waals surface area contributed by atoms with Gasteiger partial charge in [0.2, 0.25) is 11.8 Å². The Morgan fingerprint density at radius 2 is 1.91 bits per heavy atom. The minimum Gasteiger partial charge on any atom is -0.384 e. The Kier molecular flexibility index (Phi) is 6.88. The molecule has 0 unspecified atom stereocenters. The maximum atomic E-state index is 13.0. The van der Waals surface area contributed by atoms with Crippen LogP contribution in [0.2, 0.25) is 0 Å². The lowest BCUT2D eigenvalue weighted by Crippen LogP contribution is -2.54. The Hall–Kier alpha value is -1.10. The van der Waals surface area contributed by atoms with Crippen LogP contribution in [-0.2, 0) is 14.3 Å². The molecule has 132 valence electrons. The fraction of sp³-hybridized carbons (Fsp3) is 0.889. The lowest BCUT2D eigenvalue weighted by atomic mass is 9.94. The van der Waals surface area contributed by atoms with Crippen LogP contribution >= 0.6 is 0 Å². The molecule has 23 heavy (non-hydrogen) atoms. The molecule has 2 heterocycles. The number of ether oxygens (including phenoxy) is 1. The molecule has 0 N–H and O–H groups in total. The standard InChI is InChI=1S/C18H32N2O3/c1-14(2)12-16(20-9-5-4-6-17(20)21)18(22)19-10-7-15(8-11-19)13-23-3/h14-16H,4-13H2,1-3H3/t16-/m1/s1. The molecule has 5 heteroatoms. The van der Waals surface area contributed by atoms with Crippen molar-refractivity contribution in [3.63, 3.8) is 0 Å². The van der Waals surface area contributed by atoms with Crippen LogP contribution in [0, 0.1) is 11.8 Å². The molecule has 2 aliphatic rings. The highest BCUT2D eigenvalue weighted by molar-refractivity contribution is 5.88. The number of hydrogen-bond acceptors (Lipinski definition) is 3. The third kappa shape index (κ3) is 4.93. The topological polar surface area (TPSA) is 49.9 Å². The molecule has 2 saturated heterocycles. The van der Waals surface area contributed by atoms with Crippen LogP contribution in [0.3, 0.4) is 0 Å². The van der Waals surface area contributed by atoms with Gasteiger partial charge in [0, 0.05) is 39.8 Å². The van der Waals surface area contributed by atoms with Gasteiger partial charge in [0.15, 0.2) is 0 Å². The molecule has 2 aliphatic heterocycles. The third-order valence-electron chi connectivity index (χ3n) is 5.04. The largest absolute Gasteiger partial charge is 0.384 e. The van der Waals surface area contributed by atoms with Crippen molar-refractivity contribution in [2.75, 3.05) is 33.4 Å². The Morgan fingerprint density at radius 3 is 2.48 bits per heavy atom. The number of nitrogens with zero attached hydrogens (tertiary/aromatic N) is 2. The van der Waals surface area contributed by atoms with Gasteiger partial charge in [-0.2, -0.15) is 0 Å². The number of piperidine rings is 2. The highest BCUT2D eigenvalue weighted by atomic mass is 16.5. The minimum atomic E-state index is -0.262. The lowest BCUT2D eigenvalue weighted by molar-refractivity contribution is -0.149. The molecule has 0 aliphatic carbocycles. The number of carbonyl (C=O) groups is 2. The van der Waals surface area contributed by atoms with E-state index < -0.39 is 0 Å². The van der Waals surface area contributed by atoms with E-state index in [-0.39, 0.29) is 17.9 Å². The molecular weight excluding hydrogens is 292 g/mol. The van der Waals surface area contributed by atoms with Crippen LogP contribution in [0.15, 0.2) is 0 Å². The molecule has 2 fully saturated rings. The summed E-state index contributed by atoms with van der Waals surface area (Å²) in [6.45, 7) is 7.36. The van der Waals surface area contributed by atoms with Crippen molar-refractivity contribution >= 4 is 11.8 Å². The summed E-state index contributed by atoms with van der Waals surface area (Å²) in [6, 6.07) is -0.262. The molecule has 0 radical (unpaired) electrons. The van der Waals surface area contributed by atoms with Gasteiger partial charge < -0.3 is 14.5 Å². The Labute approximate surface area is 140 Å². The number of likely N-dealkylation sites (tertiary alicyclic amines) is 2. The Bertz CT molecular complexity index is 403. The van der Waals surface area contributed by atoms with E-state index in [0.717, 1.165) is 58.3 Å². The minimum absolute atomic E-state index is 0.157. The van der Waals surface area contributed by atoms with Gasteiger partial charge in [-0.25, -0.2) is 0 Å². The van der Waals surface area contributed by atoms with Gasteiger partial charge >= 0.3 is 0 Å². The molecule has 0 aromatic heterocycles. The molecule has 0 bridgehead atoms. The van der Waals surface area contributed by atoms with E-state index in [1.165, 1.54) is 0 Å². The van der Waals surface area contributed by atoms with Crippen molar-refractivity contribution in [1.82, 2.24) is 9.80 Å². The van der Waals surface area contributed by atoms with E-state index in [1.54, 1.807) is 7.11 Å². The van der Waals surface area contributed by atoms with Crippen molar-refractivity contribution in [1.29, 1.82) is 0 Å². The predicted octanol–water partition coefficient (Wildman–Crippen LogP) is 2.30. The molecule has 0 aromatic rings. The van der Waals surface area contributed by atoms with E-state index in [1.807, 2.05) is 9.80 Å². The second-order valence-electron chi connectivity index (χ2n) is 7.41. The van der Waals surface area contributed by atoms with Gasteiger partial charge in [-0.1, -0.05) is 13.8 Å². The van der Waals surface area contributed by atoms with Crippen LogP contribution in [-0.4, -0.2) is 61.0 Å². The molecule has 2 amide bonds. The zero-order valence-corrected chi connectivity index (χ0v) is 14.9. The average Bonchev–Trinajstić information content (AvgIpc) is 2.54. The number of rotatable bonds is 6. The smallest absolute Gasteiger partial charge is 0.245 e. The van der Waals surface area contributed by atoms with Gasteiger partial charge in [0.05, 0.1) is 0 Å². The van der Waals surface area contributed by atoms with Crippen LogP contribution in [0.1, 0.15) is 52.4 Å². The van der Waals surface area contributed by atoms with E-state index in [0.29, 0.717) is 18.3 Å². The van der Waals surface area contributed by atoms with Crippen LogP contribution in [0.5, 0.6) is 0 Å². The number of methoxy groups -OCH3 is 1. The number of carbonyl (C=O) groups excluding carboxylic acids is 2. The second-order valence-corrected chi connectivity index (χ2v) is 7.41. The average molecular weight is 324 g/mol. The summed E-state index contributed by atoms with van der Waals surface area (Å²) in [7, 11) is 1.73. The van der Waals surface area contributed by atoms with Gasteiger partial charge in [0.25, 0.3) is 0 Å². The van der Waals surface area contributed by atoms with Gasteiger partial charge in [-0.05, 0) is 43.9 Å². The first-order valence-electron chi connectivity index (χ1n) is 9.10. The molecule has 0 spiro atoms. The first-order chi connectivity index (χ1) is 11.0. The summed E-state index contributed by atoms with van der Waals surface area (Å²) in [4.78, 5) is 29.2. The van der Waals surface area contributed by atoms with Crippen molar-refractivity contribution < 1.29 is 14.3 Å². The second kappa shape index (κ2) is 8.67. The predicted molar refractivity (Wildman–Crippen MR) is 90.0 cm³/mol. The van der Waals surface area contributed by atoms with E-state index in [4.69, 9.17) is 4.74 Å². The van der Waals surface area contributed by atoms with E-state index >= 15 is 0 Å². The number of amides is 2. The first kappa shape index (κ1) is 18.2. The van der Waals surface area contributed by atoms with Gasteiger partial charge in [-0.15, -0.1) is 0 Å². The van der Waals surface area contributed by atoms with Crippen molar-refractivity contribution in [3.8, 4) is 0 Å². The summed E-state index contributed by atoms with van der Waals surface area (Å²) in [6.07, 6.45) is 5.34. The summed E-state index contributed by atoms with van der Waals surface area (Å²) in [5, 5.41) is 0. The zero-order valence-electron chi connectivity index (χ0n) is 14.9. The molecule has 1 atom stereocenters. The highest BCUT2D eigenvalue weighted by Crippen LogP contribution is 2.23. The summed E-state index contributed by atoms with van der Waals surface area (Å²) in [5.41, 5.74) is 0. The molecule has 0 saturated carbocycles. The lowest BCUT2D eigenvalue weighted by Gasteiger charge is -2.39. The van der Waals surface area contributed by atoms with Crippen molar-refractivity contribution in [3.05, 3.63) is 0 Å². The molecule has 0 aromatic carbocycles. The van der Waals surface area contributed by atoms with Crippen LogP contribution < -0.4 is 0 Å². The fourth-order valence-electron chi connectivity index (χ4n) is 3.73. The molecule has 2 rings (SSSR count). The van der Waals surface area contributed by atoms with Crippen molar-refractivity contribution in [2.45, 2.75) is 58.4 Å². The van der Waals surface area contributed by atoms with Crippen LogP contribution in [0.4, 0.5) is 0 Å². The number of hydrogen-bond donors (Lipinski definition) is 0. The van der Waals surface area contributed by atoms with Gasteiger partial charge in [-0.3, -0.25) is 9.59 Å². The third-order valence-corrected chi connectivity index (χ3v) is 5.04. The maximum absolute atomic E-state index is 13.0. The molecule has 5 nitrogen and oxygen atoms in total. The van der Waals surface area contributed by atoms with E-state index in [9.17, 15) is 9.59 Å². The normalized spacial score (nSPS) is 21.8. The first-order valence-corrected chi connectivity index (χ1v) is 9.10.